The molecule has 0 spiro atoms. The van der Waals surface area contributed by atoms with Gasteiger partial charge in [-0.2, -0.15) is 10.1 Å². The maximum absolute atomic E-state index is 5.23. The Morgan fingerprint density at radius 3 is 3.15 bits per heavy atom. The molecule has 104 valence electrons. The van der Waals surface area contributed by atoms with Crippen molar-refractivity contribution in [2.45, 2.75) is 26.1 Å². The van der Waals surface area contributed by atoms with Crippen LogP contribution in [0.1, 0.15) is 12.8 Å². The zero-order chi connectivity index (χ0) is 13.8. The van der Waals surface area contributed by atoms with Gasteiger partial charge < -0.3 is 9.84 Å². The summed E-state index contributed by atoms with van der Waals surface area (Å²) in [5.74, 6) is 1.25. The summed E-state index contributed by atoms with van der Waals surface area (Å²) >= 11 is 1.60. The molecule has 0 aliphatic rings. The Labute approximate surface area is 120 Å². The summed E-state index contributed by atoms with van der Waals surface area (Å²) < 4.78 is 7.13. The second kappa shape index (κ2) is 5.98. The number of nitrogens with one attached hydrogen (secondary N) is 1. The fourth-order valence-corrected chi connectivity index (χ4v) is 2.50. The first-order valence-corrected chi connectivity index (χ1v) is 7.26. The SMILES string of the molecule is C[C@H](Cn1cccn1)NCc1nc(-c2cccs2)no1. The first-order valence-electron chi connectivity index (χ1n) is 6.38. The minimum Gasteiger partial charge on any atom is -0.338 e. The van der Waals surface area contributed by atoms with E-state index in [9.17, 15) is 0 Å². The number of hydrogen-bond donors (Lipinski definition) is 1. The van der Waals surface area contributed by atoms with E-state index in [0.717, 1.165) is 11.4 Å². The van der Waals surface area contributed by atoms with Crippen LogP contribution in [0.4, 0.5) is 0 Å². The molecule has 1 atom stereocenters. The van der Waals surface area contributed by atoms with Crippen molar-refractivity contribution in [2.75, 3.05) is 0 Å². The average molecular weight is 289 g/mol. The van der Waals surface area contributed by atoms with Crippen molar-refractivity contribution in [3.8, 4) is 10.7 Å². The summed E-state index contributed by atoms with van der Waals surface area (Å²) in [4.78, 5) is 5.39. The van der Waals surface area contributed by atoms with E-state index in [1.807, 2.05) is 34.5 Å². The fraction of sp³-hybridized carbons (Fsp3) is 0.308. The van der Waals surface area contributed by atoms with Gasteiger partial charge in [-0.3, -0.25) is 4.68 Å². The largest absolute Gasteiger partial charge is 0.338 e. The number of rotatable bonds is 6. The highest BCUT2D eigenvalue weighted by Crippen LogP contribution is 2.21. The summed E-state index contributed by atoms with van der Waals surface area (Å²) in [6, 6.07) is 6.14. The van der Waals surface area contributed by atoms with Crippen LogP contribution in [0.15, 0.2) is 40.5 Å². The highest BCUT2D eigenvalue weighted by Gasteiger charge is 2.10. The van der Waals surface area contributed by atoms with Crippen molar-refractivity contribution >= 4 is 11.3 Å². The van der Waals surface area contributed by atoms with Gasteiger partial charge in [-0.1, -0.05) is 11.2 Å². The Morgan fingerprint density at radius 2 is 2.40 bits per heavy atom. The first-order chi connectivity index (χ1) is 9.81. The minimum atomic E-state index is 0.270. The fourth-order valence-electron chi connectivity index (χ4n) is 1.85. The van der Waals surface area contributed by atoms with Gasteiger partial charge in [0.15, 0.2) is 0 Å². The lowest BCUT2D eigenvalue weighted by Crippen LogP contribution is -2.30. The van der Waals surface area contributed by atoms with E-state index in [1.54, 1.807) is 17.5 Å². The molecule has 0 aromatic carbocycles. The molecule has 0 aliphatic carbocycles. The van der Waals surface area contributed by atoms with Gasteiger partial charge in [0.1, 0.15) is 0 Å². The van der Waals surface area contributed by atoms with E-state index in [2.05, 4.69) is 27.5 Å². The van der Waals surface area contributed by atoms with Crippen molar-refractivity contribution < 1.29 is 4.52 Å². The van der Waals surface area contributed by atoms with Crippen molar-refractivity contribution in [3.63, 3.8) is 0 Å². The average Bonchev–Trinajstić information content (AvgIpc) is 3.18. The Kier molecular flexibility index (Phi) is 3.89. The Hall–Kier alpha value is -1.99. The van der Waals surface area contributed by atoms with E-state index in [1.165, 1.54) is 0 Å². The maximum Gasteiger partial charge on any atom is 0.240 e. The molecular weight excluding hydrogens is 274 g/mol. The van der Waals surface area contributed by atoms with Gasteiger partial charge in [0, 0.05) is 18.4 Å². The number of nitrogens with zero attached hydrogens (tertiary/aromatic N) is 4. The normalized spacial score (nSPS) is 12.7. The standard InChI is InChI=1S/C13H15N5OS/c1-10(9-18-6-3-5-15-18)14-8-12-16-13(17-19-12)11-4-2-7-20-11/h2-7,10,14H,8-9H2,1H3/t10-/m1/s1. The molecule has 0 unspecified atom stereocenters. The Bertz CT molecular complexity index is 632. The van der Waals surface area contributed by atoms with Gasteiger partial charge >= 0.3 is 0 Å². The summed E-state index contributed by atoms with van der Waals surface area (Å²) in [6.45, 7) is 3.46. The summed E-state index contributed by atoms with van der Waals surface area (Å²) in [6.07, 6.45) is 3.72. The number of aromatic nitrogens is 4. The first kappa shape index (κ1) is 13.0. The van der Waals surface area contributed by atoms with Crippen LogP contribution in [0.5, 0.6) is 0 Å². The molecule has 0 saturated heterocycles. The van der Waals surface area contributed by atoms with Gasteiger partial charge in [0.2, 0.25) is 11.7 Å². The molecule has 20 heavy (non-hydrogen) atoms. The van der Waals surface area contributed by atoms with Gasteiger partial charge in [-0.25, -0.2) is 0 Å². The molecular formula is C13H15N5OS. The molecule has 3 aromatic heterocycles. The predicted octanol–water partition coefficient (Wildman–Crippen LogP) is 2.17. The van der Waals surface area contributed by atoms with Gasteiger partial charge in [-0.15, -0.1) is 11.3 Å². The molecule has 0 aliphatic heterocycles. The van der Waals surface area contributed by atoms with E-state index in [4.69, 9.17) is 4.52 Å². The smallest absolute Gasteiger partial charge is 0.240 e. The minimum absolute atomic E-state index is 0.270. The second-order valence-electron chi connectivity index (χ2n) is 4.50. The lowest BCUT2D eigenvalue weighted by molar-refractivity contribution is 0.350. The molecule has 3 heterocycles. The lowest BCUT2D eigenvalue weighted by Gasteiger charge is -2.11. The van der Waals surface area contributed by atoms with Crippen molar-refractivity contribution in [2.24, 2.45) is 0 Å². The van der Waals surface area contributed by atoms with Gasteiger partial charge in [0.05, 0.1) is 18.0 Å². The summed E-state index contributed by atoms with van der Waals surface area (Å²) in [5.41, 5.74) is 0. The van der Waals surface area contributed by atoms with Crippen molar-refractivity contribution in [3.05, 3.63) is 41.9 Å². The van der Waals surface area contributed by atoms with Crippen LogP contribution in [0.2, 0.25) is 0 Å². The molecule has 0 radical (unpaired) electrons. The molecule has 1 N–H and O–H groups in total. The van der Waals surface area contributed by atoms with E-state index in [-0.39, 0.29) is 6.04 Å². The second-order valence-corrected chi connectivity index (χ2v) is 5.45. The molecule has 0 saturated carbocycles. The third kappa shape index (κ3) is 3.12. The molecule has 0 amide bonds. The lowest BCUT2D eigenvalue weighted by atomic mass is 10.3. The third-order valence-electron chi connectivity index (χ3n) is 2.83. The van der Waals surface area contributed by atoms with Crippen molar-refractivity contribution in [1.82, 2.24) is 25.2 Å². The van der Waals surface area contributed by atoms with Crippen LogP contribution in [0.3, 0.4) is 0 Å². The van der Waals surface area contributed by atoms with Crippen LogP contribution >= 0.6 is 11.3 Å². The zero-order valence-electron chi connectivity index (χ0n) is 11.1. The molecule has 7 heteroatoms. The highest BCUT2D eigenvalue weighted by molar-refractivity contribution is 7.13. The predicted molar refractivity (Wildman–Crippen MR) is 76.1 cm³/mol. The Balaban J connectivity index is 1.53. The zero-order valence-corrected chi connectivity index (χ0v) is 11.9. The van der Waals surface area contributed by atoms with Crippen LogP contribution in [-0.4, -0.2) is 26.0 Å². The summed E-state index contributed by atoms with van der Waals surface area (Å²) in [5, 5.41) is 13.5. The maximum atomic E-state index is 5.23. The molecule has 0 fully saturated rings. The van der Waals surface area contributed by atoms with E-state index < -0.39 is 0 Å². The molecule has 3 rings (SSSR count). The van der Waals surface area contributed by atoms with Gasteiger partial charge in [0.25, 0.3) is 0 Å². The van der Waals surface area contributed by atoms with Crippen LogP contribution in [0, 0.1) is 0 Å². The van der Waals surface area contributed by atoms with Crippen LogP contribution in [0.25, 0.3) is 10.7 Å². The monoisotopic (exact) mass is 289 g/mol. The van der Waals surface area contributed by atoms with E-state index >= 15 is 0 Å². The van der Waals surface area contributed by atoms with Crippen molar-refractivity contribution in [1.29, 1.82) is 0 Å². The molecule has 0 bridgehead atoms. The summed E-state index contributed by atoms with van der Waals surface area (Å²) in [7, 11) is 0. The molecule has 6 nitrogen and oxygen atoms in total. The quantitative estimate of drug-likeness (QED) is 0.753. The number of thiophene rings is 1. The number of hydrogen-bond acceptors (Lipinski definition) is 6. The Morgan fingerprint density at radius 1 is 1.45 bits per heavy atom. The highest BCUT2D eigenvalue weighted by atomic mass is 32.1. The van der Waals surface area contributed by atoms with Crippen LogP contribution < -0.4 is 5.32 Å². The molecule has 3 aromatic rings. The van der Waals surface area contributed by atoms with Gasteiger partial charge in [-0.05, 0) is 24.4 Å². The third-order valence-corrected chi connectivity index (χ3v) is 3.70. The van der Waals surface area contributed by atoms with E-state index in [0.29, 0.717) is 18.3 Å². The van der Waals surface area contributed by atoms with Crippen LogP contribution in [-0.2, 0) is 13.1 Å². The topological polar surface area (TPSA) is 68.8 Å².